The van der Waals surface area contributed by atoms with Crippen molar-refractivity contribution in [1.82, 2.24) is 10.3 Å². The molecule has 102 valence electrons. The van der Waals surface area contributed by atoms with Crippen molar-refractivity contribution in [2.24, 2.45) is 0 Å². The molecule has 2 aromatic rings. The van der Waals surface area contributed by atoms with E-state index >= 15 is 0 Å². The molecule has 0 aliphatic heterocycles. The third-order valence-corrected chi connectivity index (χ3v) is 4.56. The standard InChI is InChI=1S/C14H16BrFN2S/c1-9-8-19-14(18-9)7-11(17-2)5-10-3-4-13(16)12(15)6-10/h3-4,6,8,11,17H,5,7H2,1-2H3. The molecule has 1 heterocycles. The molecule has 1 N–H and O–H groups in total. The van der Waals surface area contributed by atoms with Crippen LogP contribution >= 0.6 is 27.3 Å². The molecule has 0 aliphatic rings. The number of aryl methyl sites for hydroxylation is 1. The second-order valence-corrected chi connectivity index (χ2v) is 6.32. The zero-order chi connectivity index (χ0) is 13.8. The fraction of sp³-hybridized carbons (Fsp3) is 0.357. The van der Waals surface area contributed by atoms with Crippen LogP contribution in [0.3, 0.4) is 0 Å². The summed E-state index contributed by atoms with van der Waals surface area (Å²) in [6.45, 7) is 2.01. The maximum atomic E-state index is 13.2. The van der Waals surface area contributed by atoms with Gasteiger partial charge in [0, 0.05) is 23.5 Å². The number of nitrogens with one attached hydrogen (secondary N) is 1. The summed E-state index contributed by atoms with van der Waals surface area (Å²) in [5, 5.41) is 6.50. The number of halogens is 2. The van der Waals surface area contributed by atoms with E-state index in [0.717, 1.165) is 29.1 Å². The molecular weight excluding hydrogens is 327 g/mol. The number of likely N-dealkylation sites (N-methyl/N-ethyl adjacent to an activating group) is 1. The van der Waals surface area contributed by atoms with Gasteiger partial charge in [0.2, 0.25) is 0 Å². The van der Waals surface area contributed by atoms with Crippen molar-refractivity contribution in [3.63, 3.8) is 0 Å². The lowest BCUT2D eigenvalue weighted by Crippen LogP contribution is -2.29. The first kappa shape index (κ1) is 14.6. The normalized spacial score (nSPS) is 12.6. The van der Waals surface area contributed by atoms with Crippen molar-refractivity contribution < 1.29 is 4.39 Å². The first-order chi connectivity index (χ1) is 9.08. The number of rotatable bonds is 5. The van der Waals surface area contributed by atoms with E-state index in [1.807, 2.05) is 26.1 Å². The summed E-state index contributed by atoms with van der Waals surface area (Å²) in [7, 11) is 1.95. The average Bonchev–Trinajstić information content (AvgIpc) is 2.78. The molecule has 2 nitrogen and oxygen atoms in total. The van der Waals surface area contributed by atoms with Crippen LogP contribution in [0.2, 0.25) is 0 Å². The Morgan fingerprint density at radius 3 is 2.79 bits per heavy atom. The molecule has 1 aromatic heterocycles. The topological polar surface area (TPSA) is 24.9 Å². The SMILES string of the molecule is CNC(Cc1ccc(F)c(Br)c1)Cc1nc(C)cs1. The highest BCUT2D eigenvalue weighted by Crippen LogP contribution is 2.19. The van der Waals surface area contributed by atoms with E-state index in [4.69, 9.17) is 0 Å². The van der Waals surface area contributed by atoms with E-state index in [1.54, 1.807) is 11.3 Å². The van der Waals surface area contributed by atoms with Crippen LogP contribution in [-0.2, 0) is 12.8 Å². The molecule has 0 amide bonds. The van der Waals surface area contributed by atoms with Gasteiger partial charge in [-0.25, -0.2) is 9.37 Å². The number of benzene rings is 1. The fourth-order valence-electron chi connectivity index (χ4n) is 1.93. The summed E-state index contributed by atoms with van der Waals surface area (Å²) in [4.78, 5) is 4.48. The predicted molar refractivity (Wildman–Crippen MR) is 81.2 cm³/mol. The summed E-state index contributed by atoms with van der Waals surface area (Å²) in [6.07, 6.45) is 1.75. The Morgan fingerprint density at radius 2 is 2.21 bits per heavy atom. The van der Waals surface area contributed by atoms with Gasteiger partial charge in [-0.15, -0.1) is 11.3 Å². The zero-order valence-corrected chi connectivity index (χ0v) is 13.3. The molecule has 0 bridgehead atoms. The van der Waals surface area contributed by atoms with Crippen molar-refractivity contribution in [3.05, 3.63) is 50.1 Å². The Morgan fingerprint density at radius 1 is 1.42 bits per heavy atom. The van der Waals surface area contributed by atoms with Gasteiger partial charge in [-0.2, -0.15) is 0 Å². The average molecular weight is 343 g/mol. The van der Waals surface area contributed by atoms with Gasteiger partial charge in [-0.1, -0.05) is 6.07 Å². The van der Waals surface area contributed by atoms with E-state index < -0.39 is 0 Å². The third kappa shape index (κ3) is 4.09. The van der Waals surface area contributed by atoms with Crippen LogP contribution in [-0.4, -0.2) is 18.1 Å². The maximum Gasteiger partial charge on any atom is 0.137 e. The number of hydrogen-bond acceptors (Lipinski definition) is 3. The molecule has 5 heteroatoms. The third-order valence-electron chi connectivity index (χ3n) is 2.96. The van der Waals surface area contributed by atoms with E-state index in [9.17, 15) is 4.39 Å². The molecule has 0 spiro atoms. The highest BCUT2D eigenvalue weighted by atomic mass is 79.9. The van der Waals surface area contributed by atoms with E-state index in [-0.39, 0.29) is 5.82 Å². The molecule has 1 unspecified atom stereocenters. The van der Waals surface area contributed by atoms with Crippen LogP contribution in [0.1, 0.15) is 16.3 Å². The minimum Gasteiger partial charge on any atom is -0.316 e. The molecule has 2 rings (SSSR count). The van der Waals surface area contributed by atoms with Gasteiger partial charge in [-0.3, -0.25) is 0 Å². The van der Waals surface area contributed by atoms with Crippen molar-refractivity contribution in [1.29, 1.82) is 0 Å². The molecule has 19 heavy (non-hydrogen) atoms. The molecule has 1 aromatic carbocycles. The van der Waals surface area contributed by atoms with Gasteiger partial charge < -0.3 is 5.32 Å². The molecule has 0 aliphatic carbocycles. The zero-order valence-electron chi connectivity index (χ0n) is 10.9. The van der Waals surface area contributed by atoms with E-state index in [1.165, 1.54) is 6.07 Å². The van der Waals surface area contributed by atoms with Gasteiger partial charge in [0.25, 0.3) is 0 Å². The maximum absolute atomic E-state index is 13.2. The first-order valence-electron chi connectivity index (χ1n) is 6.10. The van der Waals surface area contributed by atoms with E-state index in [0.29, 0.717) is 10.5 Å². The van der Waals surface area contributed by atoms with Crippen LogP contribution in [0.5, 0.6) is 0 Å². The lowest BCUT2D eigenvalue weighted by atomic mass is 10.0. The summed E-state index contributed by atoms with van der Waals surface area (Å²) < 4.78 is 13.7. The molecular formula is C14H16BrFN2S. The Balaban J connectivity index is 2.04. The lowest BCUT2D eigenvalue weighted by Gasteiger charge is -2.15. The minimum absolute atomic E-state index is 0.222. The fourth-order valence-corrected chi connectivity index (χ4v) is 3.21. The predicted octanol–water partition coefficient (Wildman–Crippen LogP) is 3.73. The van der Waals surface area contributed by atoms with Gasteiger partial charge in [0.05, 0.1) is 9.48 Å². The molecule has 0 saturated heterocycles. The quantitative estimate of drug-likeness (QED) is 0.895. The molecule has 0 saturated carbocycles. The smallest absolute Gasteiger partial charge is 0.137 e. The molecule has 0 fully saturated rings. The first-order valence-corrected chi connectivity index (χ1v) is 7.78. The molecule has 1 atom stereocenters. The van der Waals surface area contributed by atoms with Gasteiger partial charge in [-0.05, 0) is 54.0 Å². The van der Waals surface area contributed by atoms with Crippen molar-refractivity contribution >= 4 is 27.3 Å². The van der Waals surface area contributed by atoms with Crippen molar-refractivity contribution in [3.8, 4) is 0 Å². The van der Waals surface area contributed by atoms with Gasteiger partial charge >= 0.3 is 0 Å². The number of aromatic nitrogens is 1. The number of hydrogen-bond donors (Lipinski definition) is 1. The highest BCUT2D eigenvalue weighted by Gasteiger charge is 2.11. The second kappa shape index (κ2) is 6.59. The summed E-state index contributed by atoms with van der Waals surface area (Å²) in [5.74, 6) is -0.222. The highest BCUT2D eigenvalue weighted by molar-refractivity contribution is 9.10. The van der Waals surface area contributed by atoms with Crippen molar-refractivity contribution in [2.45, 2.75) is 25.8 Å². The Bertz CT molecular complexity index is 556. The van der Waals surface area contributed by atoms with E-state index in [2.05, 4.69) is 31.6 Å². The van der Waals surface area contributed by atoms with Crippen LogP contribution in [0.15, 0.2) is 28.1 Å². The minimum atomic E-state index is -0.222. The van der Waals surface area contributed by atoms with Crippen LogP contribution in [0.25, 0.3) is 0 Å². The number of nitrogens with zero attached hydrogens (tertiary/aromatic N) is 1. The number of thiazole rings is 1. The van der Waals surface area contributed by atoms with Gasteiger partial charge in [0.15, 0.2) is 0 Å². The Labute approximate surface area is 125 Å². The largest absolute Gasteiger partial charge is 0.316 e. The van der Waals surface area contributed by atoms with Crippen molar-refractivity contribution in [2.75, 3.05) is 7.05 Å². The lowest BCUT2D eigenvalue weighted by molar-refractivity contribution is 0.553. The van der Waals surface area contributed by atoms with Crippen LogP contribution in [0.4, 0.5) is 4.39 Å². The summed E-state index contributed by atoms with van der Waals surface area (Å²) >= 11 is 4.91. The molecule has 0 radical (unpaired) electrons. The van der Waals surface area contributed by atoms with Crippen LogP contribution < -0.4 is 5.32 Å². The van der Waals surface area contributed by atoms with Crippen LogP contribution in [0, 0.1) is 12.7 Å². The Hall–Kier alpha value is -0.780. The monoisotopic (exact) mass is 342 g/mol. The summed E-state index contributed by atoms with van der Waals surface area (Å²) in [6, 6.07) is 5.48. The summed E-state index contributed by atoms with van der Waals surface area (Å²) in [5.41, 5.74) is 2.18. The Kier molecular flexibility index (Phi) is 5.07. The second-order valence-electron chi connectivity index (χ2n) is 4.52. The van der Waals surface area contributed by atoms with Gasteiger partial charge in [0.1, 0.15) is 5.82 Å².